The lowest BCUT2D eigenvalue weighted by Crippen LogP contribution is -2.02. The number of hydrogen-bond donors (Lipinski definition) is 2. The summed E-state index contributed by atoms with van der Waals surface area (Å²) in [5.74, 6) is 0.967. The Morgan fingerprint density at radius 2 is 1.06 bits per heavy atom. The number of nitrogens with zero attached hydrogens (tertiary/aromatic N) is 2. The van der Waals surface area contributed by atoms with Crippen molar-refractivity contribution in [3.8, 4) is 23.6 Å². The standard InChI is InChI=1S/C15H13NO.C8H10O.C7H5NO/c1-12(14-5-3-2-4-6-14)17-15-9-7-13(11-16)8-10-15;1-7(9)8-5-3-2-4-6-8;8-5-6-1-3-7(9)4-2-6/h2-10,12H,1H3;2-7,9H,1H3;1-4,9H. The van der Waals surface area contributed by atoms with Gasteiger partial charge in [0, 0.05) is 0 Å². The lowest BCUT2D eigenvalue weighted by Gasteiger charge is -2.14. The van der Waals surface area contributed by atoms with Crippen molar-refractivity contribution in [2.75, 3.05) is 0 Å². The van der Waals surface area contributed by atoms with Crippen LogP contribution in [0, 0.1) is 22.7 Å². The normalized spacial score (nSPS) is 11.1. The van der Waals surface area contributed by atoms with Crippen molar-refractivity contribution >= 4 is 0 Å². The molecule has 5 heteroatoms. The Labute approximate surface area is 206 Å². The molecular weight excluding hydrogens is 436 g/mol. The van der Waals surface area contributed by atoms with Gasteiger partial charge in [-0.2, -0.15) is 10.5 Å². The maximum Gasteiger partial charge on any atom is 0.121 e. The molecule has 2 unspecified atom stereocenters. The van der Waals surface area contributed by atoms with Crippen molar-refractivity contribution in [2.45, 2.75) is 26.1 Å². The van der Waals surface area contributed by atoms with Crippen molar-refractivity contribution in [1.29, 1.82) is 10.5 Å². The highest BCUT2D eigenvalue weighted by molar-refractivity contribution is 5.35. The maximum absolute atomic E-state index is 9.02. The van der Waals surface area contributed by atoms with Gasteiger partial charge in [0.05, 0.1) is 29.4 Å². The molecule has 0 bridgehead atoms. The first kappa shape index (κ1) is 26.7. The first-order valence-electron chi connectivity index (χ1n) is 11.1. The van der Waals surface area contributed by atoms with Crippen LogP contribution in [0.15, 0.2) is 109 Å². The van der Waals surface area contributed by atoms with Gasteiger partial charge in [0.2, 0.25) is 0 Å². The Kier molecular flexibility index (Phi) is 11.1. The van der Waals surface area contributed by atoms with E-state index in [0.29, 0.717) is 11.1 Å². The third kappa shape index (κ3) is 9.84. The summed E-state index contributed by atoms with van der Waals surface area (Å²) >= 11 is 0. The molecule has 35 heavy (non-hydrogen) atoms. The van der Waals surface area contributed by atoms with E-state index < -0.39 is 0 Å². The van der Waals surface area contributed by atoms with Crippen LogP contribution in [-0.2, 0) is 0 Å². The van der Waals surface area contributed by atoms with Gasteiger partial charge in [0.15, 0.2) is 0 Å². The van der Waals surface area contributed by atoms with Crippen molar-refractivity contribution in [1.82, 2.24) is 0 Å². The highest BCUT2D eigenvalue weighted by atomic mass is 16.5. The average molecular weight is 465 g/mol. The SMILES string of the molecule is CC(O)c1ccccc1.CC(Oc1ccc(C#N)cc1)c1ccccc1.N#Cc1ccc(O)cc1. The maximum atomic E-state index is 9.02. The summed E-state index contributed by atoms with van der Waals surface area (Å²) < 4.78 is 5.79. The van der Waals surface area contributed by atoms with Gasteiger partial charge in [-0.15, -0.1) is 0 Å². The predicted octanol–water partition coefficient (Wildman–Crippen LogP) is 6.70. The minimum absolute atomic E-state index is 0.00383. The second kappa shape index (κ2) is 14.5. The van der Waals surface area contributed by atoms with Crippen LogP contribution in [0.4, 0.5) is 0 Å². The lowest BCUT2D eigenvalue weighted by molar-refractivity contribution is 0.199. The van der Waals surface area contributed by atoms with Gasteiger partial charge in [-0.25, -0.2) is 0 Å². The number of aliphatic hydroxyl groups is 1. The Morgan fingerprint density at radius 1 is 0.629 bits per heavy atom. The van der Waals surface area contributed by atoms with E-state index in [0.717, 1.165) is 16.9 Å². The molecular formula is C30H28N2O3. The Balaban J connectivity index is 0.000000203. The number of nitriles is 2. The first-order valence-corrected chi connectivity index (χ1v) is 11.1. The van der Waals surface area contributed by atoms with Crippen molar-refractivity contribution in [3.05, 3.63) is 131 Å². The van der Waals surface area contributed by atoms with E-state index in [2.05, 4.69) is 6.07 Å². The number of aliphatic hydroxyl groups excluding tert-OH is 1. The Bertz CT molecular complexity index is 1210. The van der Waals surface area contributed by atoms with Crippen LogP contribution in [0.5, 0.6) is 11.5 Å². The number of phenols is 1. The lowest BCUT2D eigenvalue weighted by atomic mass is 10.1. The second-order valence-electron chi connectivity index (χ2n) is 7.55. The van der Waals surface area contributed by atoms with Crippen LogP contribution < -0.4 is 4.74 Å². The summed E-state index contributed by atoms with van der Waals surface area (Å²) in [6.07, 6.45) is -0.338. The molecule has 0 aliphatic carbocycles. The number of rotatable bonds is 4. The van der Waals surface area contributed by atoms with Gasteiger partial charge in [-0.3, -0.25) is 0 Å². The molecule has 0 saturated heterocycles. The molecule has 4 rings (SSSR count). The van der Waals surface area contributed by atoms with E-state index in [-0.39, 0.29) is 18.0 Å². The molecule has 4 aromatic carbocycles. The number of hydrogen-bond acceptors (Lipinski definition) is 5. The van der Waals surface area contributed by atoms with Gasteiger partial charge < -0.3 is 14.9 Å². The highest BCUT2D eigenvalue weighted by Gasteiger charge is 2.06. The topological polar surface area (TPSA) is 97.3 Å². The van der Waals surface area contributed by atoms with E-state index in [4.69, 9.17) is 25.5 Å². The van der Waals surface area contributed by atoms with Gasteiger partial charge in [0.25, 0.3) is 0 Å². The minimum atomic E-state index is -0.341. The van der Waals surface area contributed by atoms with Crippen molar-refractivity contribution in [3.63, 3.8) is 0 Å². The molecule has 0 aromatic heterocycles. The second-order valence-corrected chi connectivity index (χ2v) is 7.55. The summed E-state index contributed by atoms with van der Waals surface area (Å²) in [4.78, 5) is 0. The first-order chi connectivity index (χ1) is 16.9. The minimum Gasteiger partial charge on any atom is -0.508 e. The zero-order valence-electron chi connectivity index (χ0n) is 19.7. The van der Waals surface area contributed by atoms with E-state index >= 15 is 0 Å². The Hall–Kier alpha value is -4.58. The summed E-state index contributed by atoms with van der Waals surface area (Å²) in [6, 6.07) is 36.9. The molecule has 0 radical (unpaired) electrons. The fraction of sp³-hybridized carbons (Fsp3) is 0.133. The number of benzene rings is 4. The fourth-order valence-corrected chi connectivity index (χ4v) is 2.87. The van der Waals surface area contributed by atoms with Crippen molar-refractivity contribution < 1.29 is 14.9 Å². The molecule has 0 fully saturated rings. The molecule has 0 spiro atoms. The summed E-state index contributed by atoms with van der Waals surface area (Å²) in [6.45, 7) is 3.77. The molecule has 2 N–H and O–H groups in total. The fourth-order valence-electron chi connectivity index (χ4n) is 2.87. The quantitative estimate of drug-likeness (QED) is 0.350. The van der Waals surface area contributed by atoms with Crippen LogP contribution in [0.1, 0.15) is 48.3 Å². The van der Waals surface area contributed by atoms with Crippen LogP contribution in [0.2, 0.25) is 0 Å². The number of aromatic hydroxyl groups is 1. The van der Waals surface area contributed by atoms with Gasteiger partial charge in [0.1, 0.15) is 17.6 Å². The molecule has 2 atom stereocenters. The Morgan fingerprint density at radius 3 is 1.46 bits per heavy atom. The smallest absolute Gasteiger partial charge is 0.121 e. The number of phenolic OH excluding ortho intramolecular Hbond substituents is 1. The molecule has 5 nitrogen and oxygen atoms in total. The summed E-state index contributed by atoms with van der Waals surface area (Å²) in [7, 11) is 0. The van der Waals surface area contributed by atoms with E-state index in [1.807, 2.05) is 85.8 Å². The van der Waals surface area contributed by atoms with Crippen LogP contribution >= 0.6 is 0 Å². The predicted molar refractivity (Wildman–Crippen MR) is 137 cm³/mol. The van der Waals surface area contributed by atoms with Gasteiger partial charge in [-0.1, -0.05) is 60.7 Å². The average Bonchev–Trinajstić information content (AvgIpc) is 2.91. The van der Waals surface area contributed by atoms with Crippen LogP contribution in [-0.4, -0.2) is 10.2 Å². The molecule has 4 aromatic rings. The van der Waals surface area contributed by atoms with E-state index in [9.17, 15) is 0 Å². The van der Waals surface area contributed by atoms with E-state index in [1.165, 1.54) is 12.1 Å². The van der Waals surface area contributed by atoms with Crippen molar-refractivity contribution in [2.24, 2.45) is 0 Å². The third-order valence-corrected chi connectivity index (χ3v) is 4.84. The molecule has 0 aliphatic heterocycles. The van der Waals surface area contributed by atoms with Gasteiger partial charge in [-0.05, 0) is 73.5 Å². The van der Waals surface area contributed by atoms with E-state index in [1.54, 1.807) is 31.2 Å². The molecule has 0 saturated carbocycles. The summed E-state index contributed by atoms with van der Waals surface area (Å²) in [5.41, 5.74) is 3.31. The zero-order valence-corrected chi connectivity index (χ0v) is 19.7. The monoisotopic (exact) mass is 464 g/mol. The van der Waals surface area contributed by atoms with Crippen LogP contribution in [0.3, 0.4) is 0 Å². The molecule has 0 amide bonds. The largest absolute Gasteiger partial charge is 0.508 e. The zero-order chi connectivity index (χ0) is 25.5. The highest BCUT2D eigenvalue weighted by Crippen LogP contribution is 2.21. The van der Waals surface area contributed by atoms with Crippen LogP contribution in [0.25, 0.3) is 0 Å². The third-order valence-electron chi connectivity index (χ3n) is 4.84. The molecule has 0 heterocycles. The molecule has 0 aliphatic rings. The summed E-state index contributed by atoms with van der Waals surface area (Å²) in [5, 5.41) is 34.8. The van der Waals surface area contributed by atoms with Gasteiger partial charge >= 0.3 is 0 Å². The molecule has 176 valence electrons. The number of ether oxygens (including phenoxy) is 1.